The minimum absolute atomic E-state index is 0.522. The Balaban J connectivity index is 2.79. The van der Waals surface area contributed by atoms with Crippen LogP contribution in [0, 0.1) is 35.0 Å². The van der Waals surface area contributed by atoms with Gasteiger partial charge in [-0.3, -0.25) is 0 Å². The number of halogens is 6. The van der Waals surface area contributed by atoms with Gasteiger partial charge in [0.1, 0.15) is 0 Å². The van der Waals surface area contributed by atoms with Crippen LogP contribution in [0.25, 0.3) is 11.1 Å². The molecule has 1 aromatic heterocycles. The van der Waals surface area contributed by atoms with E-state index in [-0.39, 0.29) is 0 Å². The van der Waals surface area contributed by atoms with Gasteiger partial charge < -0.3 is 5.73 Å². The molecule has 0 bridgehead atoms. The monoisotopic (exact) mass is 278 g/mol. The van der Waals surface area contributed by atoms with E-state index in [0.29, 0.717) is 6.20 Å². The van der Waals surface area contributed by atoms with Gasteiger partial charge in [-0.2, -0.15) is 4.39 Å². The Morgan fingerprint density at radius 1 is 0.789 bits per heavy atom. The average Bonchev–Trinajstić information content (AvgIpc) is 2.38. The lowest BCUT2D eigenvalue weighted by Crippen LogP contribution is -2.05. The van der Waals surface area contributed by atoms with E-state index in [2.05, 4.69) is 4.98 Å². The van der Waals surface area contributed by atoms with E-state index >= 15 is 0 Å². The standard InChI is InChI=1S/C11H4F6N2/c12-6-5(3-1-4(18)11(17)19-2-3)7(13)9(15)10(16)8(6)14/h1-2H,18H2. The van der Waals surface area contributed by atoms with Gasteiger partial charge in [-0.25, -0.2) is 26.9 Å². The Bertz CT molecular complexity index is 642. The molecule has 2 aromatic rings. The molecule has 8 heteroatoms. The number of nitrogens with two attached hydrogens (primary N) is 1. The van der Waals surface area contributed by atoms with Crippen LogP contribution in [0.5, 0.6) is 0 Å². The van der Waals surface area contributed by atoms with Crippen LogP contribution in [0.15, 0.2) is 12.3 Å². The number of hydrogen-bond acceptors (Lipinski definition) is 2. The Hall–Kier alpha value is -2.25. The molecule has 1 heterocycles. The predicted octanol–water partition coefficient (Wildman–Crippen LogP) is 3.17. The van der Waals surface area contributed by atoms with Crippen molar-refractivity contribution in [2.45, 2.75) is 0 Å². The molecule has 2 N–H and O–H groups in total. The first-order valence-electron chi connectivity index (χ1n) is 4.77. The van der Waals surface area contributed by atoms with E-state index in [1.165, 1.54) is 0 Å². The highest BCUT2D eigenvalue weighted by Gasteiger charge is 2.27. The zero-order valence-electron chi connectivity index (χ0n) is 8.95. The molecular formula is C11H4F6N2. The largest absolute Gasteiger partial charge is 0.395 e. The number of benzene rings is 1. The zero-order chi connectivity index (χ0) is 14.3. The fourth-order valence-corrected chi connectivity index (χ4v) is 1.46. The molecule has 100 valence electrons. The normalized spacial score (nSPS) is 10.8. The van der Waals surface area contributed by atoms with E-state index in [4.69, 9.17) is 5.73 Å². The number of pyridine rings is 1. The van der Waals surface area contributed by atoms with Crippen molar-refractivity contribution in [2.24, 2.45) is 0 Å². The van der Waals surface area contributed by atoms with Crippen LogP contribution in [0.2, 0.25) is 0 Å². The van der Waals surface area contributed by atoms with Crippen LogP contribution in [-0.4, -0.2) is 4.98 Å². The smallest absolute Gasteiger partial charge is 0.236 e. The van der Waals surface area contributed by atoms with Crippen molar-refractivity contribution < 1.29 is 26.3 Å². The van der Waals surface area contributed by atoms with E-state index in [1.807, 2.05) is 0 Å². The molecule has 0 atom stereocenters. The Morgan fingerprint density at radius 2 is 1.26 bits per heavy atom. The molecule has 2 rings (SSSR count). The SMILES string of the molecule is Nc1cc(-c2c(F)c(F)c(F)c(F)c2F)cnc1F. The summed E-state index contributed by atoms with van der Waals surface area (Å²) in [6, 6.07) is 0.723. The van der Waals surface area contributed by atoms with Crippen molar-refractivity contribution in [3.63, 3.8) is 0 Å². The van der Waals surface area contributed by atoms with E-state index < -0.39 is 51.8 Å². The lowest BCUT2D eigenvalue weighted by molar-refractivity contribution is 0.381. The molecule has 2 nitrogen and oxygen atoms in total. The fraction of sp³-hybridized carbons (Fsp3) is 0. The third kappa shape index (κ3) is 1.98. The second kappa shape index (κ2) is 4.45. The van der Waals surface area contributed by atoms with Crippen LogP contribution in [-0.2, 0) is 0 Å². The summed E-state index contributed by atoms with van der Waals surface area (Å²) in [5, 5.41) is 0. The molecule has 0 unspecified atom stereocenters. The van der Waals surface area contributed by atoms with E-state index in [1.54, 1.807) is 0 Å². The molecule has 0 aliphatic heterocycles. The molecule has 0 aliphatic rings. The van der Waals surface area contributed by atoms with Gasteiger partial charge >= 0.3 is 0 Å². The quantitative estimate of drug-likeness (QED) is 0.376. The second-order valence-electron chi connectivity index (χ2n) is 3.55. The van der Waals surface area contributed by atoms with Crippen molar-refractivity contribution in [1.82, 2.24) is 4.98 Å². The van der Waals surface area contributed by atoms with E-state index in [9.17, 15) is 26.3 Å². The van der Waals surface area contributed by atoms with Crippen molar-refractivity contribution in [3.05, 3.63) is 47.3 Å². The number of nitrogens with zero attached hydrogens (tertiary/aromatic N) is 1. The fourth-order valence-electron chi connectivity index (χ4n) is 1.46. The number of aromatic nitrogens is 1. The Morgan fingerprint density at radius 3 is 1.74 bits per heavy atom. The number of hydrogen-bond donors (Lipinski definition) is 1. The Labute approximate surface area is 102 Å². The molecular weight excluding hydrogens is 274 g/mol. The maximum atomic E-state index is 13.4. The van der Waals surface area contributed by atoms with Gasteiger partial charge in [-0.1, -0.05) is 0 Å². The van der Waals surface area contributed by atoms with Crippen molar-refractivity contribution in [1.29, 1.82) is 0 Å². The third-order valence-corrected chi connectivity index (χ3v) is 2.36. The van der Waals surface area contributed by atoms with Gasteiger partial charge in [0.2, 0.25) is 11.8 Å². The van der Waals surface area contributed by atoms with Crippen molar-refractivity contribution in [3.8, 4) is 11.1 Å². The van der Waals surface area contributed by atoms with Gasteiger partial charge in [0.15, 0.2) is 23.3 Å². The third-order valence-electron chi connectivity index (χ3n) is 2.36. The summed E-state index contributed by atoms with van der Waals surface area (Å²) in [5.41, 5.74) is 2.80. The first-order valence-corrected chi connectivity index (χ1v) is 4.77. The maximum Gasteiger partial charge on any atom is 0.236 e. The Kier molecular flexibility index (Phi) is 3.09. The van der Waals surface area contributed by atoms with Gasteiger partial charge in [0.25, 0.3) is 0 Å². The number of nitrogen functional groups attached to an aromatic ring is 1. The zero-order valence-corrected chi connectivity index (χ0v) is 8.95. The molecule has 0 fully saturated rings. The van der Waals surface area contributed by atoms with Gasteiger partial charge in [-0.15, -0.1) is 0 Å². The summed E-state index contributed by atoms with van der Waals surface area (Å²) in [4.78, 5) is 3.06. The first-order chi connectivity index (χ1) is 8.84. The number of anilines is 1. The summed E-state index contributed by atoms with van der Waals surface area (Å²) in [6.45, 7) is 0. The van der Waals surface area contributed by atoms with Crippen molar-refractivity contribution >= 4 is 5.69 Å². The van der Waals surface area contributed by atoms with Crippen LogP contribution in [0.4, 0.5) is 32.0 Å². The molecule has 0 saturated carbocycles. The van der Waals surface area contributed by atoms with Crippen LogP contribution in [0.1, 0.15) is 0 Å². The topological polar surface area (TPSA) is 38.9 Å². The summed E-state index contributed by atoms with van der Waals surface area (Å²) in [7, 11) is 0. The highest BCUT2D eigenvalue weighted by Crippen LogP contribution is 2.32. The maximum absolute atomic E-state index is 13.4. The van der Waals surface area contributed by atoms with Gasteiger partial charge in [-0.05, 0) is 6.07 Å². The molecule has 0 radical (unpaired) electrons. The molecule has 1 aromatic carbocycles. The van der Waals surface area contributed by atoms with Gasteiger partial charge in [0.05, 0.1) is 11.3 Å². The van der Waals surface area contributed by atoms with Crippen LogP contribution in [0.3, 0.4) is 0 Å². The highest BCUT2D eigenvalue weighted by molar-refractivity contribution is 5.67. The lowest BCUT2D eigenvalue weighted by Gasteiger charge is -2.08. The molecule has 19 heavy (non-hydrogen) atoms. The van der Waals surface area contributed by atoms with Crippen LogP contribution < -0.4 is 5.73 Å². The second-order valence-corrected chi connectivity index (χ2v) is 3.55. The summed E-state index contributed by atoms with van der Waals surface area (Å²) in [5.74, 6) is -11.7. The lowest BCUT2D eigenvalue weighted by atomic mass is 10.0. The van der Waals surface area contributed by atoms with Crippen molar-refractivity contribution in [2.75, 3.05) is 5.73 Å². The summed E-state index contributed by atoms with van der Waals surface area (Å²) >= 11 is 0. The minimum Gasteiger partial charge on any atom is -0.395 e. The number of rotatable bonds is 1. The molecule has 0 amide bonds. The predicted molar refractivity (Wildman–Crippen MR) is 53.8 cm³/mol. The van der Waals surface area contributed by atoms with E-state index in [0.717, 1.165) is 6.07 Å². The molecule has 0 saturated heterocycles. The first kappa shape index (κ1) is 13.2. The average molecular weight is 278 g/mol. The summed E-state index contributed by atoms with van der Waals surface area (Å²) < 4.78 is 78.5. The minimum atomic E-state index is -2.28. The molecule has 0 spiro atoms. The van der Waals surface area contributed by atoms with Crippen LogP contribution >= 0.6 is 0 Å². The molecule has 0 aliphatic carbocycles. The summed E-state index contributed by atoms with van der Waals surface area (Å²) in [6.07, 6.45) is 0.615. The highest BCUT2D eigenvalue weighted by atomic mass is 19.2. The van der Waals surface area contributed by atoms with Gasteiger partial charge in [0, 0.05) is 11.8 Å².